The van der Waals surface area contributed by atoms with Gasteiger partial charge in [0.2, 0.25) is 0 Å². The van der Waals surface area contributed by atoms with Crippen LogP contribution in [0.15, 0.2) is 35.7 Å². The molecule has 2 aromatic rings. The first-order valence-electron chi connectivity index (χ1n) is 8.40. The molecule has 0 atom stereocenters. The summed E-state index contributed by atoms with van der Waals surface area (Å²) in [5.41, 5.74) is 3.02. The van der Waals surface area contributed by atoms with E-state index >= 15 is 0 Å². The van der Waals surface area contributed by atoms with E-state index in [-0.39, 0.29) is 10.6 Å². The molecule has 24 heavy (non-hydrogen) atoms. The first-order valence-corrected chi connectivity index (χ1v) is 10.6. The minimum absolute atomic E-state index is 0.274. The second-order valence-electron chi connectivity index (χ2n) is 7.79. The smallest absolute Gasteiger partial charge is 0.168 e. The number of rotatable bonds is 6. The first kappa shape index (κ1) is 18.9. The number of benzene rings is 1. The molecular weight excluding hydrogens is 330 g/mol. The lowest BCUT2D eigenvalue weighted by molar-refractivity contribution is 0.106. The standard InChI is InChI=1S/C20H27NOSSi/c1-14(2)20(5,6)24-22-19(3,4)16-9-7-15(8-10-16)17-11-12-23-18(17)13-21/h7-12,14H,24H2,1-6H3. The van der Waals surface area contributed by atoms with Crippen LogP contribution in [0.3, 0.4) is 0 Å². The molecule has 0 saturated carbocycles. The molecular formula is C20H27NOSSi. The number of nitriles is 1. The highest BCUT2D eigenvalue weighted by Gasteiger charge is 2.29. The summed E-state index contributed by atoms with van der Waals surface area (Å²) in [6.07, 6.45) is 0. The van der Waals surface area contributed by atoms with Crippen molar-refractivity contribution in [1.82, 2.24) is 0 Å². The Labute approximate surface area is 152 Å². The zero-order chi connectivity index (χ0) is 18.0. The van der Waals surface area contributed by atoms with Gasteiger partial charge in [0.1, 0.15) is 10.9 Å². The van der Waals surface area contributed by atoms with Crippen LogP contribution in [0.4, 0.5) is 0 Å². The van der Waals surface area contributed by atoms with Gasteiger partial charge >= 0.3 is 0 Å². The lowest BCUT2D eigenvalue weighted by Gasteiger charge is -2.34. The highest BCUT2D eigenvalue weighted by Crippen LogP contribution is 2.36. The second-order valence-corrected chi connectivity index (χ2v) is 11.1. The predicted octanol–water partition coefficient (Wildman–Crippen LogP) is 5.48. The quantitative estimate of drug-likeness (QED) is 0.642. The van der Waals surface area contributed by atoms with Crippen LogP contribution >= 0.6 is 11.3 Å². The lowest BCUT2D eigenvalue weighted by Crippen LogP contribution is -2.30. The van der Waals surface area contributed by atoms with E-state index in [4.69, 9.17) is 4.43 Å². The number of hydrogen-bond donors (Lipinski definition) is 0. The summed E-state index contributed by atoms with van der Waals surface area (Å²) >= 11 is 1.49. The molecule has 4 heteroatoms. The SMILES string of the molecule is CC(C)C(C)(C)[SiH2]OC(C)(C)c1ccc(-c2ccsc2C#N)cc1. The molecule has 2 nitrogen and oxygen atoms in total. The highest BCUT2D eigenvalue weighted by atomic mass is 32.1. The van der Waals surface area contributed by atoms with Crippen LogP contribution in [-0.4, -0.2) is 9.76 Å². The lowest BCUT2D eigenvalue weighted by atomic mass is 9.96. The van der Waals surface area contributed by atoms with Gasteiger partial charge in [-0.1, -0.05) is 52.0 Å². The summed E-state index contributed by atoms with van der Waals surface area (Å²) in [4.78, 5) is 0.768. The summed E-state index contributed by atoms with van der Waals surface area (Å²) in [5.74, 6) is 0.630. The fourth-order valence-corrected chi connectivity index (χ4v) is 4.23. The summed E-state index contributed by atoms with van der Waals surface area (Å²) in [5, 5.41) is 11.4. The molecule has 0 N–H and O–H groups in total. The maximum atomic E-state index is 9.19. The van der Waals surface area contributed by atoms with Crippen molar-refractivity contribution < 1.29 is 4.43 Å². The summed E-state index contributed by atoms with van der Waals surface area (Å²) < 4.78 is 6.41. The largest absolute Gasteiger partial charge is 0.415 e. The Kier molecular flexibility index (Phi) is 5.69. The van der Waals surface area contributed by atoms with Gasteiger partial charge in [0.15, 0.2) is 9.76 Å². The van der Waals surface area contributed by atoms with Crippen molar-refractivity contribution in [3.8, 4) is 17.2 Å². The van der Waals surface area contributed by atoms with E-state index in [2.05, 4.69) is 71.9 Å². The van der Waals surface area contributed by atoms with Crippen LogP contribution in [0, 0.1) is 17.2 Å². The van der Waals surface area contributed by atoms with Gasteiger partial charge in [-0.25, -0.2) is 0 Å². The van der Waals surface area contributed by atoms with Gasteiger partial charge in [-0.3, -0.25) is 0 Å². The molecule has 0 fully saturated rings. The van der Waals surface area contributed by atoms with E-state index in [0.29, 0.717) is 5.92 Å². The molecule has 0 bridgehead atoms. The van der Waals surface area contributed by atoms with Gasteiger partial charge in [0, 0.05) is 5.56 Å². The van der Waals surface area contributed by atoms with Crippen molar-refractivity contribution in [2.45, 2.75) is 52.2 Å². The van der Waals surface area contributed by atoms with E-state index in [0.717, 1.165) is 16.0 Å². The second kappa shape index (κ2) is 7.22. The van der Waals surface area contributed by atoms with E-state index in [1.54, 1.807) is 0 Å². The van der Waals surface area contributed by atoms with Gasteiger partial charge in [0.05, 0.1) is 5.60 Å². The van der Waals surface area contributed by atoms with Crippen LogP contribution in [0.2, 0.25) is 5.04 Å². The van der Waals surface area contributed by atoms with Crippen molar-refractivity contribution in [3.05, 3.63) is 46.2 Å². The number of thiophene rings is 1. The molecule has 1 aromatic carbocycles. The van der Waals surface area contributed by atoms with E-state index in [1.165, 1.54) is 16.9 Å². The van der Waals surface area contributed by atoms with Gasteiger partial charge in [-0.05, 0) is 47.4 Å². The zero-order valence-electron chi connectivity index (χ0n) is 15.5. The normalized spacial score (nSPS) is 12.9. The third kappa shape index (κ3) is 4.16. The van der Waals surface area contributed by atoms with Crippen molar-refractivity contribution >= 4 is 21.1 Å². The Morgan fingerprint density at radius 3 is 2.25 bits per heavy atom. The fourth-order valence-electron chi connectivity index (χ4n) is 2.29. The third-order valence-electron chi connectivity index (χ3n) is 5.03. The molecule has 2 rings (SSSR count). The molecule has 0 aliphatic rings. The van der Waals surface area contributed by atoms with E-state index < -0.39 is 9.76 Å². The van der Waals surface area contributed by atoms with Gasteiger partial charge in [0.25, 0.3) is 0 Å². The Balaban J connectivity index is 2.16. The Morgan fingerprint density at radius 1 is 1.08 bits per heavy atom. The van der Waals surface area contributed by atoms with Crippen LogP contribution < -0.4 is 0 Å². The molecule has 0 spiro atoms. The van der Waals surface area contributed by atoms with Crippen LogP contribution in [0.5, 0.6) is 0 Å². The predicted molar refractivity (Wildman–Crippen MR) is 106 cm³/mol. The maximum Gasteiger partial charge on any atom is 0.168 e. The summed E-state index contributed by atoms with van der Waals surface area (Å²) in [6, 6.07) is 12.7. The molecule has 1 aromatic heterocycles. The summed E-state index contributed by atoms with van der Waals surface area (Å²) in [6.45, 7) is 13.5. The number of nitrogens with zero attached hydrogens (tertiary/aromatic N) is 1. The average molecular weight is 358 g/mol. The minimum atomic E-state index is -0.659. The van der Waals surface area contributed by atoms with Crippen LogP contribution in [0.1, 0.15) is 52.0 Å². The molecule has 128 valence electrons. The Bertz CT molecular complexity index is 723. The Hall–Kier alpha value is -1.41. The molecule has 0 aliphatic carbocycles. The van der Waals surface area contributed by atoms with Crippen molar-refractivity contribution in [3.63, 3.8) is 0 Å². The van der Waals surface area contributed by atoms with Gasteiger partial charge in [-0.15, -0.1) is 11.3 Å². The number of hydrogen-bond acceptors (Lipinski definition) is 3. The van der Waals surface area contributed by atoms with Gasteiger partial charge < -0.3 is 4.43 Å². The molecule has 0 amide bonds. The van der Waals surface area contributed by atoms with Crippen molar-refractivity contribution in [2.24, 2.45) is 5.92 Å². The average Bonchev–Trinajstić information content (AvgIpc) is 3.02. The third-order valence-corrected chi connectivity index (χ3v) is 8.27. The minimum Gasteiger partial charge on any atom is -0.415 e. The first-order chi connectivity index (χ1) is 11.2. The molecule has 1 heterocycles. The van der Waals surface area contributed by atoms with Crippen molar-refractivity contribution in [1.29, 1.82) is 5.26 Å². The topological polar surface area (TPSA) is 33.0 Å². The van der Waals surface area contributed by atoms with Crippen molar-refractivity contribution in [2.75, 3.05) is 0 Å². The van der Waals surface area contributed by atoms with E-state index in [9.17, 15) is 5.26 Å². The van der Waals surface area contributed by atoms with Gasteiger partial charge in [-0.2, -0.15) is 5.26 Å². The maximum absolute atomic E-state index is 9.19. The Morgan fingerprint density at radius 2 is 1.71 bits per heavy atom. The van der Waals surface area contributed by atoms with Crippen LogP contribution in [-0.2, 0) is 10.0 Å². The summed E-state index contributed by atoms with van der Waals surface area (Å²) in [7, 11) is -0.659. The molecule has 0 radical (unpaired) electrons. The molecule has 0 saturated heterocycles. The molecule has 0 unspecified atom stereocenters. The fraction of sp³-hybridized carbons (Fsp3) is 0.450. The molecule has 0 aliphatic heterocycles. The monoisotopic (exact) mass is 357 g/mol. The zero-order valence-corrected chi connectivity index (χ0v) is 17.7. The van der Waals surface area contributed by atoms with Crippen LogP contribution in [0.25, 0.3) is 11.1 Å². The van der Waals surface area contributed by atoms with E-state index in [1.807, 2.05) is 11.4 Å². The highest BCUT2D eigenvalue weighted by molar-refractivity contribution is 7.11.